The van der Waals surface area contributed by atoms with Gasteiger partial charge in [-0.15, -0.1) is 27.0 Å². The average molecular weight is 379 g/mol. The average Bonchev–Trinajstić information content (AvgIpc) is 3.20. The topological polar surface area (TPSA) is 85.6 Å². The Balaban J connectivity index is 1.64. The molecule has 9 heteroatoms. The minimum atomic E-state index is -0.117. The molecule has 2 heterocycles. The highest BCUT2D eigenvalue weighted by Crippen LogP contribution is 2.33. The number of hydrogen-bond donors (Lipinski definition) is 1. The molecule has 0 bridgehead atoms. The lowest BCUT2D eigenvalue weighted by molar-refractivity contribution is -0.113. The van der Waals surface area contributed by atoms with E-state index in [1.54, 1.807) is 0 Å². The first-order chi connectivity index (χ1) is 12.2. The maximum absolute atomic E-state index is 12.1. The molecular weight excluding hydrogens is 356 g/mol. The van der Waals surface area contributed by atoms with E-state index < -0.39 is 0 Å². The van der Waals surface area contributed by atoms with Gasteiger partial charge in [0.15, 0.2) is 5.16 Å². The summed E-state index contributed by atoms with van der Waals surface area (Å²) < 4.78 is 2.09. The van der Waals surface area contributed by atoms with Crippen molar-refractivity contribution >= 4 is 34.1 Å². The standard InChI is InChI=1S/C16H22N6OS2/c1-3-9-22-14(12-7-5-4-6-8-12)19-21-16(22)24-10-13(23)17-15-20-18-11(2)25-15/h3,12H,1,4-10H2,2H3,(H,17,20,23). The lowest BCUT2D eigenvalue weighted by Crippen LogP contribution is -2.15. The number of anilines is 1. The molecule has 0 unspecified atom stereocenters. The second-order valence-electron chi connectivity index (χ2n) is 6.04. The van der Waals surface area contributed by atoms with E-state index in [1.807, 2.05) is 13.0 Å². The molecule has 0 saturated heterocycles. The van der Waals surface area contributed by atoms with E-state index in [4.69, 9.17) is 0 Å². The number of carbonyl (C=O) groups is 1. The second-order valence-corrected chi connectivity index (χ2v) is 8.16. The van der Waals surface area contributed by atoms with E-state index in [0.717, 1.165) is 28.8 Å². The third-order valence-electron chi connectivity index (χ3n) is 4.13. The number of thioether (sulfide) groups is 1. The summed E-state index contributed by atoms with van der Waals surface area (Å²) in [7, 11) is 0. The van der Waals surface area contributed by atoms with Crippen molar-refractivity contribution in [2.75, 3.05) is 11.1 Å². The summed E-state index contributed by atoms with van der Waals surface area (Å²) in [4.78, 5) is 12.1. The van der Waals surface area contributed by atoms with Crippen molar-refractivity contribution in [2.45, 2.75) is 56.6 Å². The smallest absolute Gasteiger partial charge is 0.236 e. The van der Waals surface area contributed by atoms with Gasteiger partial charge in [-0.05, 0) is 19.8 Å². The zero-order valence-corrected chi connectivity index (χ0v) is 15.9. The van der Waals surface area contributed by atoms with Gasteiger partial charge in [-0.25, -0.2) is 0 Å². The number of allylic oxidation sites excluding steroid dienone is 1. The van der Waals surface area contributed by atoms with Crippen LogP contribution in [0.15, 0.2) is 17.8 Å². The van der Waals surface area contributed by atoms with Gasteiger partial charge in [0.1, 0.15) is 10.8 Å². The molecule has 0 radical (unpaired) electrons. The number of rotatable bonds is 7. The zero-order chi connectivity index (χ0) is 17.6. The SMILES string of the molecule is C=CCn1c(SCC(=O)Nc2nnc(C)s2)nnc1C1CCCCC1. The van der Waals surface area contributed by atoms with E-state index in [1.165, 1.54) is 42.4 Å². The number of amides is 1. The van der Waals surface area contributed by atoms with Crippen LogP contribution in [0.25, 0.3) is 0 Å². The van der Waals surface area contributed by atoms with Gasteiger partial charge in [-0.3, -0.25) is 10.1 Å². The second kappa shape index (κ2) is 8.57. The Morgan fingerprint density at radius 2 is 2.12 bits per heavy atom. The van der Waals surface area contributed by atoms with E-state index in [-0.39, 0.29) is 11.7 Å². The molecule has 0 spiro atoms. The molecule has 1 N–H and O–H groups in total. The van der Waals surface area contributed by atoms with Crippen LogP contribution in [0.2, 0.25) is 0 Å². The van der Waals surface area contributed by atoms with Gasteiger partial charge in [0, 0.05) is 12.5 Å². The minimum absolute atomic E-state index is 0.117. The van der Waals surface area contributed by atoms with Crippen molar-refractivity contribution in [3.05, 3.63) is 23.5 Å². The molecular formula is C16H22N6OS2. The number of hydrogen-bond acceptors (Lipinski definition) is 7. The summed E-state index contributed by atoms with van der Waals surface area (Å²) in [6.45, 7) is 6.36. The summed E-state index contributed by atoms with van der Waals surface area (Å²) in [6.07, 6.45) is 7.98. The molecule has 0 aromatic carbocycles. The highest BCUT2D eigenvalue weighted by Gasteiger charge is 2.23. The first-order valence-electron chi connectivity index (χ1n) is 8.44. The summed E-state index contributed by atoms with van der Waals surface area (Å²) in [5.74, 6) is 1.64. The Labute approximate surface area is 155 Å². The lowest BCUT2D eigenvalue weighted by atomic mass is 9.89. The lowest BCUT2D eigenvalue weighted by Gasteiger charge is -2.21. The van der Waals surface area contributed by atoms with Crippen LogP contribution in [0.4, 0.5) is 5.13 Å². The fraction of sp³-hybridized carbons (Fsp3) is 0.562. The van der Waals surface area contributed by atoms with E-state index in [2.05, 4.69) is 36.9 Å². The number of aryl methyl sites for hydroxylation is 1. The van der Waals surface area contributed by atoms with Crippen LogP contribution in [0.5, 0.6) is 0 Å². The maximum atomic E-state index is 12.1. The molecule has 3 rings (SSSR count). The monoisotopic (exact) mass is 378 g/mol. The quantitative estimate of drug-likeness (QED) is 0.587. The minimum Gasteiger partial charge on any atom is -0.302 e. The third-order valence-corrected chi connectivity index (χ3v) is 5.85. The predicted octanol–water partition coefficient (Wildman–Crippen LogP) is 3.40. The predicted molar refractivity (Wildman–Crippen MR) is 100 cm³/mol. The van der Waals surface area contributed by atoms with Crippen molar-refractivity contribution in [1.29, 1.82) is 0 Å². The molecule has 1 aliphatic rings. The molecule has 0 atom stereocenters. The van der Waals surface area contributed by atoms with Gasteiger partial charge in [0.05, 0.1) is 5.75 Å². The van der Waals surface area contributed by atoms with Crippen LogP contribution in [-0.2, 0) is 11.3 Å². The zero-order valence-electron chi connectivity index (χ0n) is 14.3. The summed E-state index contributed by atoms with van der Waals surface area (Å²) in [5.41, 5.74) is 0. The van der Waals surface area contributed by atoms with Crippen molar-refractivity contribution in [2.24, 2.45) is 0 Å². The Morgan fingerprint density at radius 3 is 2.80 bits per heavy atom. The Hall–Kier alpha value is -1.74. The highest BCUT2D eigenvalue weighted by atomic mass is 32.2. The molecule has 1 saturated carbocycles. The summed E-state index contributed by atoms with van der Waals surface area (Å²) >= 11 is 2.75. The van der Waals surface area contributed by atoms with Gasteiger partial charge < -0.3 is 4.57 Å². The van der Waals surface area contributed by atoms with Gasteiger partial charge >= 0.3 is 0 Å². The molecule has 2 aromatic rings. The fourth-order valence-corrected chi connectivity index (χ4v) is 4.37. The number of aromatic nitrogens is 5. The van der Waals surface area contributed by atoms with Gasteiger partial charge in [0.2, 0.25) is 11.0 Å². The summed E-state index contributed by atoms with van der Waals surface area (Å²) in [5, 5.41) is 21.4. The van der Waals surface area contributed by atoms with Crippen molar-refractivity contribution in [3.63, 3.8) is 0 Å². The highest BCUT2D eigenvalue weighted by molar-refractivity contribution is 7.99. The first kappa shape index (κ1) is 18.1. The van der Waals surface area contributed by atoms with E-state index in [9.17, 15) is 4.79 Å². The third kappa shape index (κ3) is 4.66. The normalized spacial score (nSPS) is 15.2. The molecule has 134 valence electrons. The van der Waals surface area contributed by atoms with Gasteiger partial charge in [-0.2, -0.15) is 0 Å². The van der Waals surface area contributed by atoms with Crippen LogP contribution >= 0.6 is 23.1 Å². The van der Waals surface area contributed by atoms with E-state index in [0.29, 0.717) is 17.6 Å². The van der Waals surface area contributed by atoms with Crippen LogP contribution in [0.3, 0.4) is 0 Å². The molecule has 7 nitrogen and oxygen atoms in total. The van der Waals surface area contributed by atoms with Crippen LogP contribution < -0.4 is 5.32 Å². The van der Waals surface area contributed by atoms with Gasteiger partial charge in [0.25, 0.3) is 0 Å². The molecule has 1 aliphatic carbocycles. The van der Waals surface area contributed by atoms with Crippen molar-refractivity contribution in [3.8, 4) is 0 Å². The van der Waals surface area contributed by atoms with Crippen LogP contribution in [0, 0.1) is 6.92 Å². The van der Waals surface area contributed by atoms with Crippen LogP contribution in [0.1, 0.15) is 48.9 Å². The number of nitrogens with zero attached hydrogens (tertiary/aromatic N) is 5. The fourth-order valence-electron chi connectivity index (χ4n) is 3.00. The summed E-state index contributed by atoms with van der Waals surface area (Å²) in [6, 6.07) is 0. The number of nitrogens with one attached hydrogen (secondary N) is 1. The Kier molecular flexibility index (Phi) is 6.19. The van der Waals surface area contributed by atoms with Crippen molar-refractivity contribution < 1.29 is 4.79 Å². The Bertz CT molecular complexity index is 735. The molecule has 0 aliphatic heterocycles. The van der Waals surface area contributed by atoms with Crippen molar-refractivity contribution in [1.82, 2.24) is 25.0 Å². The van der Waals surface area contributed by atoms with Crippen LogP contribution in [-0.4, -0.2) is 36.6 Å². The molecule has 2 aromatic heterocycles. The largest absolute Gasteiger partial charge is 0.302 e. The van der Waals surface area contributed by atoms with E-state index >= 15 is 0 Å². The number of carbonyl (C=O) groups excluding carboxylic acids is 1. The molecule has 1 amide bonds. The molecule has 25 heavy (non-hydrogen) atoms. The Morgan fingerprint density at radius 1 is 1.32 bits per heavy atom. The first-order valence-corrected chi connectivity index (χ1v) is 10.2. The molecule has 1 fully saturated rings. The van der Waals surface area contributed by atoms with Gasteiger partial charge in [-0.1, -0.05) is 48.4 Å². The maximum Gasteiger partial charge on any atom is 0.236 e.